The second kappa shape index (κ2) is 9.43. The quantitative estimate of drug-likeness (QED) is 0.568. The van der Waals surface area contributed by atoms with Crippen LogP contribution in [0.2, 0.25) is 0 Å². The monoisotopic (exact) mass is 474 g/mol. The number of benzene rings is 1. The van der Waals surface area contributed by atoms with Gasteiger partial charge in [0, 0.05) is 38.4 Å². The smallest absolute Gasteiger partial charge is 0.252 e. The first-order valence-electron chi connectivity index (χ1n) is 10.4. The van der Waals surface area contributed by atoms with Crippen LogP contribution in [0.25, 0.3) is 0 Å². The molecule has 1 unspecified atom stereocenters. The summed E-state index contributed by atoms with van der Waals surface area (Å²) >= 11 is 1.21. The predicted octanol–water partition coefficient (Wildman–Crippen LogP) is 2.80. The molecule has 4 rings (SSSR count). The van der Waals surface area contributed by atoms with Crippen molar-refractivity contribution in [3.63, 3.8) is 0 Å². The number of aromatic nitrogens is 2. The molecule has 1 aliphatic rings. The van der Waals surface area contributed by atoms with Crippen molar-refractivity contribution < 1.29 is 17.9 Å². The van der Waals surface area contributed by atoms with E-state index in [1.54, 1.807) is 30.8 Å². The number of aryl methyl sites for hydroxylation is 1. The van der Waals surface area contributed by atoms with Crippen molar-refractivity contribution in [3.8, 4) is 5.75 Å². The molecule has 1 fully saturated rings. The summed E-state index contributed by atoms with van der Waals surface area (Å²) in [5, 5.41) is 4.89. The number of ether oxygens (including phenoxy) is 1. The maximum atomic E-state index is 13.2. The third-order valence-corrected chi connectivity index (χ3v) is 9.02. The van der Waals surface area contributed by atoms with Gasteiger partial charge in [-0.25, -0.2) is 13.4 Å². The number of carbonyl (C=O) groups excluding carboxylic acids is 1. The van der Waals surface area contributed by atoms with E-state index in [1.807, 2.05) is 42.1 Å². The second-order valence-corrected chi connectivity index (χ2v) is 10.8. The van der Waals surface area contributed by atoms with Crippen LogP contribution in [-0.2, 0) is 21.9 Å². The second-order valence-electron chi connectivity index (χ2n) is 7.73. The van der Waals surface area contributed by atoms with Crippen LogP contribution in [0.15, 0.2) is 58.4 Å². The number of rotatable bonds is 7. The van der Waals surface area contributed by atoms with Gasteiger partial charge in [0.05, 0.1) is 7.11 Å². The Bertz CT molecular complexity index is 1170. The molecule has 1 aliphatic heterocycles. The molecule has 3 aromatic rings. The van der Waals surface area contributed by atoms with Gasteiger partial charge in [-0.3, -0.25) is 4.79 Å². The Balaban J connectivity index is 1.48. The zero-order valence-electron chi connectivity index (χ0n) is 18.0. The molecule has 2 aromatic heterocycles. The molecule has 1 amide bonds. The standard InChI is InChI=1S/C22H26N4O4S2/c1-25-13-10-23-21(25)20(17-5-3-6-18(15-17)30-2)24-22(27)16-8-11-26(12-9-16)32(28,29)19-7-4-14-31-19/h3-7,10,13-16,20H,8-9,11-12H2,1-2H3,(H,24,27). The summed E-state index contributed by atoms with van der Waals surface area (Å²) in [4.78, 5) is 17.6. The van der Waals surface area contributed by atoms with E-state index < -0.39 is 16.1 Å². The number of imidazole rings is 1. The highest BCUT2D eigenvalue weighted by molar-refractivity contribution is 7.91. The number of sulfonamides is 1. The van der Waals surface area contributed by atoms with Crippen LogP contribution >= 0.6 is 11.3 Å². The first-order valence-corrected chi connectivity index (χ1v) is 12.7. The maximum absolute atomic E-state index is 13.2. The number of methoxy groups -OCH3 is 1. The van der Waals surface area contributed by atoms with Gasteiger partial charge in [0.15, 0.2) is 0 Å². The highest BCUT2D eigenvalue weighted by Gasteiger charge is 2.34. The van der Waals surface area contributed by atoms with E-state index in [2.05, 4.69) is 10.3 Å². The molecule has 0 radical (unpaired) electrons. The summed E-state index contributed by atoms with van der Waals surface area (Å²) in [6.45, 7) is 0.648. The highest BCUT2D eigenvalue weighted by Crippen LogP contribution is 2.28. The van der Waals surface area contributed by atoms with Crippen molar-refractivity contribution in [3.05, 3.63) is 65.6 Å². The van der Waals surface area contributed by atoms with E-state index in [9.17, 15) is 13.2 Å². The van der Waals surface area contributed by atoms with E-state index >= 15 is 0 Å². The van der Waals surface area contributed by atoms with Gasteiger partial charge in [0.2, 0.25) is 5.91 Å². The van der Waals surface area contributed by atoms with Crippen LogP contribution in [0.3, 0.4) is 0 Å². The van der Waals surface area contributed by atoms with E-state index in [0.29, 0.717) is 41.7 Å². The Hall–Kier alpha value is -2.69. The molecule has 0 saturated carbocycles. The number of amides is 1. The number of hydrogen-bond acceptors (Lipinski definition) is 6. The molecular weight excluding hydrogens is 448 g/mol. The molecule has 0 aliphatic carbocycles. The topological polar surface area (TPSA) is 93.5 Å². The SMILES string of the molecule is COc1cccc(C(NC(=O)C2CCN(S(=O)(=O)c3cccs3)CC2)c2nccn2C)c1. The fourth-order valence-corrected chi connectivity index (χ4v) is 6.54. The third-order valence-electron chi connectivity index (χ3n) is 5.74. The van der Waals surface area contributed by atoms with Crippen molar-refractivity contribution in [2.45, 2.75) is 23.1 Å². The Morgan fingerprint density at radius 1 is 1.25 bits per heavy atom. The first-order chi connectivity index (χ1) is 15.4. The molecule has 1 N–H and O–H groups in total. The number of thiophene rings is 1. The minimum atomic E-state index is -3.49. The molecule has 1 aromatic carbocycles. The van der Waals surface area contributed by atoms with Crippen molar-refractivity contribution >= 4 is 27.3 Å². The lowest BCUT2D eigenvalue weighted by Crippen LogP contribution is -2.44. The zero-order chi connectivity index (χ0) is 22.7. The van der Waals surface area contributed by atoms with Gasteiger partial charge < -0.3 is 14.6 Å². The van der Waals surface area contributed by atoms with Crippen LogP contribution in [0, 0.1) is 5.92 Å². The van der Waals surface area contributed by atoms with E-state index in [4.69, 9.17) is 4.74 Å². The van der Waals surface area contributed by atoms with E-state index in [1.165, 1.54) is 15.6 Å². The summed E-state index contributed by atoms with van der Waals surface area (Å²) < 4.78 is 34.5. The van der Waals surface area contributed by atoms with Gasteiger partial charge in [0.25, 0.3) is 10.0 Å². The van der Waals surface area contributed by atoms with Crippen LogP contribution < -0.4 is 10.1 Å². The van der Waals surface area contributed by atoms with Gasteiger partial charge >= 0.3 is 0 Å². The minimum absolute atomic E-state index is 0.103. The van der Waals surface area contributed by atoms with Crippen LogP contribution in [0.5, 0.6) is 5.75 Å². The van der Waals surface area contributed by atoms with Gasteiger partial charge in [-0.2, -0.15) is 4.31 Å². The summed E-state index contributed by atoms with van der Waals surface area (Å²) in [5.41, 5.74) is 0.865. The zero-order valence-corrected chi connectivity index (χ0v) is 19.6. The van der Waals surface area contributed by atoms with Crippen molar-refractivity contribution in [2.75, 3.05) is 20.2 Å². The van der Waals surface area contributed by atoms with E-state index in [0.717, 1.165) is 5.56 Å². The lowest BCUT2D eigenvalue weighted by Gasteiger charge is -2.31. The molecular formula is C22H26N4O4S2. The summed E-state index contributed by atoms with van der Waals surface area (Å²) in [5.74, 6) is 1.04. The number of carbonyl (C=O) groups is 1. The average molecular weight is 475 g/mol. The molecule has 32 heavy (non-hydrogen) atoms. The Morgan fingerprint density at radius 3 is 2.66 bits per heavy atom. The lowest BCUT2D eigenvalue weighted by atomic mass is 9.96. The van der Waals surface area contributed by atoms with E-state index in [-0.39, 0.29) is 11.8 Å². The summed E-state index contributed by atoms with van der Waals surface area (Å²) in [7, 11) is -0.00255. The van der Waals surface area contributed by atoms with Crippen LogP contribution in [0.4, 0.5) is 0 Å². The number of hydrogen-bond donors (Lipinski definition) is 1. The Morgan fingerprint density at radius 2 is 2.03 bits per heavy atom. The van der Waals surface area contributed by atoms with Gasteiger partial charge in [0.1, 0.15) is 21.8 Å². The predicted molar refractivity (Wildman–Crippen MR) is 122 cm³/mol. The number of piperidine rings is 1. The summed E-state index contributed by atoms with van der Waals surface area (Å²) in [6, 6.07) is 10.5. The fraction of sp³-hybridized carbons (Fsp3) is 0.364. The molecule has 1 saturated heterocycles. The van der Waals surface area contributed by atoms with Crippen molar-refractivity contribution in [2.24, 2.45) is 13.0 Å². The molecule has 0 spiro atoms. The van der Waals surface area contributed by atoms with Crippen molar-refractivity contribution in [1.82, 2.24) is 19.2 Å². The van der Waals surface area contributed by atoms with Crippen molar-refractivity contribution in [1.29, 1.82) is 0 Å². The minimum Gasteiger partial charge on any atom is -0.497 e. The van der Waals surface area contributed by atoms with Gasteiger partial charge in [-0.05, 0) is 42.0 Å². The van der Waals surface area contributed by atoms with Gasteiger partial charge in [-0.1, -0.05) is 18.2 Å². The van der Waals surface area contributed by atoms with Crippen LogP contribution in [0.1, 0.15) is 30.3 Å². The maximum Gasteiger partial charge on any atom is 0.252 e. The molecule has 170 valence electrons. The molecule has 0 bridgehead atoms. The number of nitrogens with one attached hydrogen (secondary N) is 1. The summed E-state index contributed by atoms with van der Waals surface area (Å²) in [6.07, 6.45) is 4.48. The normalized spacial score (nSPS) is 16.6. The van der Waals surface area contributed by atoms with Crippen LogP contribution in [-0.4, -0.2) is 48.4 Å². The molecule has 1 atom stereocenters. The first kappa shape index (κ1) is 22.5. The molecule has 3 heterocycles. The fourth-order valence-electron chi connectivity index (χ4n) is 3.93. The molecule has 10 heteroatoms. The average Bonchev–Trinajstić information content (AvgIpc) is 3.50. The third kappa shape index (κ3) is 4.57. The Labute approximate surface area is 191 Å². The Kier molecular flexibility index (Phi) is 6.63. The highest BCUT2D eigenvalue weighted by atomic mass is 32.2. The molecule has 8 nitrogen and oxygen atoms in total. The largest absolute Gasteiger partial charge is 0.497 e. The number of nitrogens with zero attached hydrogens (tertiary/aromatic N) is 3. The lowest BCUT2D eigenvalue weighted by molar-refractivity contribution is -0.126. The van der Waals surface area contributed by atoms with Gasteiger partial charge in [-0.15, -0.1) is 11.3 Å².